The number of benzene rings is 2. The van der Waals surface area contributed by atoms with Gasteiger partial charge in [-0.15, -0.1) is 11.8 Å². The van der Waals surface area contributed by atoms with Crippen molar-refractivity contribution in [3.05, 3.63) is 69.7 Å². The average molecular weight is 467 g/mol. The molecule has 1 N–H and O–H groups in total. The standard InChI is InChI=1S/C23H28Cl2N2O2S/c1-16(2)12-26-23(29)17(3)27(13-18-7-6-9-20(24)11-18)22(28)15-30-14-19-8-4-5-10-21(19)25/h4-11,16-17H,12-15H2,1-3H3,(H,26,29). The molecule has 1 atom stereocenters. The van der Waals surface area contributed by atoms with E-state index in [1.807, 2.05) is 56.3 Å². The van der Waals surface area contributed by atoms with Crippen molar-refractivity contribution in [3.63, 3.8) is 0 Å². The van der Waals surface area contributed by atoms with Crippen molar-refractivity contribution >= 4 is 46.8 Å². The first kappa shape index (κ1) is 24.6. The summed E-state index contributed by atoms with van der Waals surface area (Å²) in [4.78, 5) is 27.3. The predicted octanol–water partition coefficient (Wildman–Crippen LogP) is 5.42. The van der Waals surface area contributed by atoms with Crippen molar-refractivity contribution in [2.24, 2.45) is 5.92 Å². The molecule has 1 unspecified atom stereocenters. The van der Waals surface area contributed by atoms with Gasteiger partial charge >= 0.3 is 0 Å². The summed E-state index contributed by atoms with van der Waals surface area (Å²) in [5.41, 5.74) is 1.87. The molecule has 0 heterocycles. The van der Waals surface area contributed by atoms with Crippen molar-refractivity contribution in [1.29, 1.82) is 0 Å². The Hall–Kier alpha value is -1.69. The van der Waals surface area contributed by atoms with Gasteiger partial charge in [0, 0.05) is 28.9 Å². The van der Waals surface area contributed by atoms with Crippen LogP contribution in [0, 0.1) is 5.92 Å². The van der Waals surface area contributed by atoms with Crippen LogP contribution < -0.4 is 5.32 Å². The Morgan fingerprint density at radius 3 is 2.47 bits per heavy atom. The summed E-state index contributed by atoms with van der Waals surface area (Å²) in [6.45, 7) is 6.72. The van der Waals surface area contributed by atoms with E-state index in [-0.39, 0.29) is 17.6 Å². The smallest absolute Gasteiger partial charge is 0.242 e. The minimum Gasteiger partial charge on any atom is -0.354 e. The Bertz CT molecular complexity index is 861. The van der Waals surface area contributed by atoms with Crippen molar-refractivity contribution in [2.45, 2.75) is 39.1 Å². The van der Waals surface area contributed by atoms with Gasteiger partial charge in [-0.1, -0.05) is 67.4 Å². The summed E-state index contributed by atoms with van der Waals surface area (Å²) in [6, 6.07) is 14.4. The van der Waals surface area contributed by atoms with E-state index in [4.69, 9.17) is 23.2 Å². The van der Waals surface area contributed by atoms with Crippen LogP contribution in [-0.4, -0.2) is 35.1 Å². The number of nitrogens with one attached hydrogen (secondary N) is 1. The lowest BCUT2D eigenvalue weighted by Crippen LogP contribution is -2.48. The van der Waals surface area contributed by atoms with Crippen LogP contribution in [0.25, 0.3) is 0 Å². The molecule has 4 nitrogen and oxygen atoms in total. The molecule has 162 valence electrons. The van der Waals surface area contributed by atoms with E-state index in [1.54, 1.807) is 17.9 Å². The van der Waals surface area contributed by atoms with E-state index in [2.05, 4.69) is 5.32 Å². The maximum absolute atomic E-state index is 13.1. The topological polar surface area (TPSA) is 49.4 Å². The molecule has 0 aliphatic heterocycles. The van der Waals surface area contributed by atoms with E-state index in [1.165, 1.54) is 11.8 Å². The Labute approximate surface area is 193 Å². The monoisotopic (exact) mass is 466 g/mol. The van der Waals surface area contributed by atoms with Crippen molar-refractivity contribution in [2.75, 3.05) is 12.3 Å². The van der Waals surface area contributed by atoms with Gasteiger partial charge in [-0.25, -0.2) is 0 Å². The minimum atomic E-state index is -0.587. The number of thioether (sulfide) groups is 1. The second kappa shape index (κ2) is 12.2. The van der Waals surface area contributed by atoms with Gasteiger partial charge in [0.15, 0.2) is 0 Å². The van der Waals surface area contributed by atoms with Crippen LogP contribution in [0.2, 0.25) is 10.0 Å². The molecule has 0 saturated heterocycles. The predicted molar refractivity (Wildman–Crippen MR) is 127 cm³/mol. The lowest BCUT2D eigenvalue weighted by atomic mass is 10.1. The van der Waals surface area contributed by atoms with Crippen molar-refractivity contribution in [3.8, 4) is 0 Å². The molecule has 0 spiro atoms. The van der Waals surface area contributed by atoms with E-state index in [0.29, 0.717) is 34.8 Å². The molecule has 2 aromatic carbocycles. The van der Waals surface area contributed by atoms with Crippen LogP contribution in [0.1, 0.15) is 31.9 Å². The first-order valence-corrected chi connectivity index (χ1v) is 11.8. The van der Waals surface area contributed by atoms with Crippen LogP contribution in [0.15, 0.2) is 48.5 Å². The van der Waals surface area contributed by atoms with E-state index in [0.717, 1.165) is 11.1 Å². The van der Waals surface area contributed by atoms with Gasteiger partial charge in [0.2, 0.25) is 11.8 Å². The highest BCUT2D eigenvalue weighted by atomic mass is 35.5. The highest BCUT2D eigenvalue weighted by Gasteiger charge is 2.26. The van der Waals surface area contributed by atoms with E-state index >= 15 is 0 Å². The average Bonchev–Trinajstić information content (AvgIpc) is 2.71. The van der Waals surface area contributed by atoms with Gasteiger partial charge in [-0.3, -0.25) is 9.59 Å². The van der Waals surface area contributed by atoms with Crippen LogP contribution in [-0.2, 0) is 21.9 Å². The molecule has 2 amide bonds. The Morgan fingerprint density at radius 1 is 1.07 bits per heavy atom. The molecule has 0 aliphatic rings. The summed E-state index contributed by atoms with van der Waals surface area (Å²) in [5, 5.41) is 4.21. The molecule has 0 radical (unpaired) electrons. The SMILES string of the molecule is CC(C)CNC(=O)C(C)N(Cc1cccc(Cl)c1)C(=O)CSCc1ccccc1Cl. The number of carbonyl (C=O) groups excluding carboxylic acids is 2. The van der Waals surface area contributed by atoms with Crippen molar-refractivity contribution < 1.29 is 9.59 Å². The highest BCUT2D eigenvalue weighted by molar-refractivity contribution is 7.99. The Kier molecular flexibility index (Phi) is 10.0. The fourth-order valence-corrected chi connectivity index (χ4v) is 4.22. The fraction of sp³-hybridized carbons (Fsp3) is 0.391. The quantitative estimate of drug-likeness (QED) is 0.508. The van der Waals surface area contributed by atoms with Crippen LogP contribution >= 0.6 is 35.0 Å². The van der Waals surface area contributed by atoms with Crippen molar-refractivity contribution in [1.82, 2.24) is 10.2 Å². The highest BCUT2D eigenvalue weighted by Crippen LogP contribution is 2.22. The van der Waals surface area contributed by atoms with Gasteiger partial charge in [-0.2, -0.15) is 0 Å². The molecular formula is C23H28Cl2N2O2S. The minimum absolute atomic E-state index is 0.0979. The van der Waals surface area contributed by atoms with Gasteiger partial charge in [0.25, 0.3) is 0 Å². The van der Waals surface area contributed by atoms with Crippen LogP contribution in [0.5, 0.6) is 0 Å². The molecule has 30 heavy (non-hydrogen) atoms. The lowest BCUT2D eigenvalue weighted by Gasteiger charge is -2.29. The molecular weight excluding hydrogens is 439 g/mol. The van der Waals surface area contributed by atoms with Gasteiger partial charge < -0.3 is 10.2 Å². The summed E-state index contributed by atoms with van der Waals surface area (Å²) < 4.78 is 0. The Balaban J connectivity index is 2.07. The number of carbonyl (C=O) groups is 2. The summed E-state index contributed by atoms with van der Waals surface area (Å²) in [5.74, 6) is 0.969. The van der Waals surface area contributed by atoms with Crippen LogP contribution in [0.3, 0.4) is 0 Å². The lowest BCUT2D eigenvalue weighted by molar-refractivity contribution is -0.138. The maximum atomic E-state index is 13.1. The molecule has 0 bridgehead atoms. The normalized spacial score (nSPS) is 11.9. The summed E-state index contributed by atoms with van der Waals surface area (Å²) >= 11 is 13.8. The number of hydrogen-bond acceptors (Lipinski definition) is 3. The fourth-order valence-electron chi connectivity index (χ4n) is 2.81. The molecule has 0 aromatic heterocycles. The zero-order valence-corrected chi connectivity index (χ0v) is 19.9. The molecule has 0 fully saturated rings. The summed E-state index contributed by atoms with van der Waals surface area (Å²) in [7, 11) is 0. The maximum Gasteiger partial charge on any atom is 0.242 e. The third-order valence-corrected chi connectivity index (χ3v) is 6.10. The van der Waals surface area contributed by atoms with Gasteiger partial charge in [0.1, 0.15) is 6.04 Å². The van der Waals surface area contributed by atoms with E-state index in [9.17, 15) is 9.59 Å². The number of halogens is 2. The number of amides is 2. The largest absolute Gasteiger partial charge is 0.354 e. The van der Waals surface area contributed by atoms with E-state index < -0.39 is 6.04 Å². The number of rotatable bonds is 10. The third kappa shape index (κ3) is 7.86. The first-order chi connectivity index (χ1) is 14.3. The zero-order valence-electron chi connectivity index (χ0n) is 17.5. The molecule has 0 aliphatic carbocycles. The first-order valence-electron chi connectivity index (χ1n) is 9.90. The second-order valence-corrected chi connectivity index (χ2v) is 9.38. The zero-order chi connectivity index (χ0) is 22.1. The second-order valence-electron chi connectivity index (χ2n) is 7.55. The molecule has 7 heteroatoms. The molecule has 0 saturated carbocycles. The number of nitrogens with zero attached hydrogens (tertiary/aromatic N) is 1. The summed E-state index contributed by atoms with van der Waals surface area (Å²) in [6.07, 6.45) is 0. The number of hydrogen-bond donors (Lipinski definition) is 1. The molecule has 2 aromatic rings. The third-order valence-electron chi connectivity index (χ3n) is 4.53. The molecule has 2 rings (SSSR count). The Morgan fingerprint density at radius 2 is 1.80 bits per heavy atom. The van der Waals surface area contributed by atoms with Crippen LogP contribution in [0.4, 0.5) is 0 Å². The van der Waals surface area contributed by atoms with Gasteiger partial charge in [0.05, 0.1) is 5.75 Å². The van der Waals surface area contributed by atoms with Gasteiger partial charge in [-0.05, 0) is 42.2 Å².